The third kappa shape index (κ3) is 3.62. The molecule has 1 aromatic heterocycles. The quantitative estimate of drug-likeness (QED) is 0.679. The van der Waals surface area contributed by atoms with Crippen LogP contribution >= 0.6 is 0 Å². The fourth-order valence-corrected chi connectivity index (χ4v) is 1.16. The van der Waals surface area contributed by atoms with Crippen molar-refractivity contribution in [3.05, 3.63) is 24.0 Å². The van der Waals surface area contributed by atoms with E-state index < -0.39 is 0 Å². The number of aromatic nitrogens is 1. The maximum atomic E-state index is 11.4. The van der Waals surface area contributed by atoms with Gasteiger partial charge in [-0.15, -0.1) is 0 Å². The van der Waals surface area contributed by atoms with Gasteiger partial charge in [0.25, 0.3) is 5.91 Å². The number of nitrogens with one attached hydrogen (secondary N) is 2. The smallest absolute Gasteiger partial charge is 0.252 e. The topological polar surface area (TPSA) is 48.1 Å². The van der Waals surface area contributed by atoms with E-state index in [0.29, 0.717) is 5.56 Å². The van der Waals surface area contributed by atoms with E-state index in [1.165, 1.54) is 0 Å². The summed E-state index contributed by atoms with van der Waals surface area (Å²) in [5.41, 5.74) is 0.690. The molecule has 1 aromatic rings. The summed E-state index contributed by atoms with van der Waals surface area (Å²) in [5, 5.41) is 2.85. The van der Waals surface area contributed by atoms with Crippen molar-refractivity contribution in [2.24, 2.45) is 0 Å². The number of nitrogens with zero attached hydrogens (tertiary/aromatic N) is 1. The average Bonchev–Trinajstić information content (AvgIpc) is 2.64. The minimum Gasteiger partial charge on any atom is -0.367 e. The van der Waals surface area contributed by atoms with E-state index >= 15 is 0 Å². The van der Waals surface area contributed by atoms with Gasteiger partial charge in [-0.2, -0.15) is 0 Å². The van der Waals surface area contributed by atoms with Crippen LogP contribution in [0.3, 0.4) is 0 Å². The Morgan fingerprint density at radius 2 is 2.36 bits per heavy atom. The number of aromatic amines is 1. The molecule has 4 heteroatoms. The highest BCUT2D eigenvalue weighted by atomic mass is 16.1. The maximum Gasteiger partial charge on any atom is 0.252 e. The van der Waals surface area contributed by atoms with E-state index in [4.69, 9.17) is 0 Å². The molecule has 0 radical (unpaired) electrons. The molecule has 1 heterocycles. The second-order valence-electron chi connectivity index (χ2n) is 3.51. The van der Waals surface area contributed by atoms with Crippen LogP contribution in [0.15, 0.2) is 18.5 Å². The van der Waals surface area contributed by atoms with Crippen LogP contribution in [0.1, 0.15) is 16.8 Å². The first-order valence-corrected chi connectivity index (χ1v) is 4.76. The van der Waals surface area contributed by atoms with Crippen molar-refractivity contribution in [1.29, 1.82) is 0 Å². The van der Waals surface area contributed by atoms with Gasteiger partial charge in [-0.05, 0) is 33.1 Å². The van der Waals surface area contributed by atoms with Gasteiger partial charge in [0.1, 0.15) is 0 Å². The summed E-state index contributed by atoms with van der Waals surface area (Å²) in [6.07, 6.45) is 4.42. The Labute approximate surface area is 84.3 Å². The fraction of sp³-hybridized carbons (Fsp3) is 0.500. The molecular weight excluding hydrogens is 178 g/mol. The van der Waals surface area contributed by atoms with Gasteiger partial charge in [-0.1, -0.05) is 0 Å². The minimum absolute atomic E-state index is 0.00925. The summed E-state index contributed by atoms with van der Waals surface area (Å²) in [5.74, 6) is -0.00925. The van der Waals surface area contributed by atoms with Crippen molar-refractivity contribution < 1.29 is 4.79 Å². The Kier molecular flexibility index (Phi) is 4.19. The number of amides is 1. The molecular formula is C10H17N3O. The predicted octanol–water partition coefficient (Wildman–Crippen LogP) is 0.696. The predicted molar refractivity (Wildman–Crippen MR) is 56.3 cm³/mol. The molecule has 1 rings (SSSR count). The van der Waals surface area contributed by atoms with Crippen LogP contribution in [-0.2, 0) is 0 Å². The van der Waals surface area contributed by atoms with Crippen molar-refractivity contribution in [2.45, 2.75) is 6.42 Å². The lowest BCUT2D eigenvalue weighted by Gasteiger charge is -2.09. The van der Waals surface area contributed by atoms with Gasteiger partial charge in [0.2, 0.25) is 0 Å². The molecule has 78 valence electrons. The zero-order chi connectivity index (χ0) is 10.4. The number of carbonyl (C=O) groups is 1. The lowest BCUT2D eigenvalue weighted by molar-refractivity contribution is 0.0952. The van der Waals surface area contributed by atoms with Crippen molar-refractivity contribution in [3.8, 4) is 0 Å². The number of rotatable bonds is 5. The second kappa shape index (κ2) is 5.44. The van der Waals surface area contributed by atoms with Crippen LogP contribution in [0.4, 0.5) is 0 Å². The van der Waals surface area contributed by atoms with E-state index in [9.17, 15) is 4.79 Å². The first-order chi connectivity index (χ1) is 6.70. The van der Waals surface area contributed by atoms with Gasteiger partial charge in [-0.3, -0.25) is 4.79 Å². The Morgan fingerprint density at radius 3 is 2.93 bits per heavy atom. The Morgan fingerprint density at radius 1 is 1.57 bits per heavy atom. The normalized spacial score (nSPS) is 10.5. The zero-order valence-electron chi connectivity index (χ0n) is 8.71. The van der Waals surface area contributed by atoms with Gasteiger partial charge < -0.3 is 15.2 Å². The molecule has 14 heavy (non-hydrogen) atoms. The monoisotopic (exact) mass is 195 g/mol. The third-order valence-corrected chi connectivity index (χ3v) is 1.93. The summed E-state index contributed by atoms with van der Waals surface area (Å²) < 4.78 is 0. The van der Waals surface area contributed by atoms with Crippen LogP contribution in [0.5, 0.6) is 0 Å². The molecule has 0 atom stereocenters. The van der Waals surface area contributed by atoms with Crippen molar-refractivity contribution in [3.63, 3.8) is 0 Å². The van der Waals surface area contributed by atoms with Crippen LogP contribution < -0.4 is 5.32 Å². The Bertz CT molecular complexity index is 267. The molecule has 0 saturated heterocycles. The first kappa shape index (κ1) is 10.8. The average molecular weight is 195 g/mol. The van der Waals surface area contributed by atoms with E-state index in [1.807, 2.05) is 14.1 Å². The molecule has 0 bridgehead atoms. The SMILES string of the molecule is CN(C)CCCNC(=O)c1cc[nH]c1. The molecule has 0 unspecified atom stereocenters. The van der Waals surface area contributed by atoms with E-state index in [2.05, 4.69) is 15.2 Å². The number of hydrogen-bond acceptors (Lipinski definition) is 2. The molecule has 0 saturated carbocycles. The summed E-state index contributed by atoms with van der Waals surface area (Å²) in [4.78, 5) is 16.4. The van der Waals surface area contributed by atoms with Gasteiger partial charge in [0.05, 0.1) is 5.56 Å². The van der Waals surface area contributed by atoms with Gasteiger partial charge in [-0.25, -0.2) is 0 Å². The highest BCUT2D eigenvalue weighted by Crippen LogP contribution is 1.95. The highest BCUT2D eigenvalue weighted by Gasteiger charge is 2.03. The molecule has 2 N–H and O–H groups in total. The molecule has 0 aliphatic heterocycles. The maximum absolute atomic E-state index is 11.4. The van der Waals surface area contributed by atoms with Crippen molar-refractivity contribution >= 4 is 5.91 Å². The molecule has 1 amide bonds. The summed E-state index contributed by atoms with van der Waals surface area (Å²) >= 11 is 0. The molecule has 0 spiro atoms. The lowest BCUT2D eigenvalue weighted by Crippen LogP contribution is -2.26. The van der Waals surface area contributed by atoms with Crippen LogP contribution in [0.2, 0.25) is 0 Å². The first-order valence-electron chi connectivity index (χ1n) is 4.76. The summed E-state index contributed by atoms with van der Waals surface area (Å²) in [6.45, 7) is 1.72. The van der Waals surface area contributed by atoms with E-state index in [-0.39, 0.29) is 5.91 Å². The largest absolute Gasteiger partial charge is 0.367 e. The van der Waals surface area contributed by atoms with Crippen LogP contribution in [0.25, 0.3) is 0 Å². The molecule has 0 aromatic carbocycles. The van der Waals surface area contributed by atoms with Crippen LogP contribution in [-0.4, -0.2) is 43.0 Å². The Hall–Kier alpha value is -1.29. The highest BCUT2D eigenvalue weighted by molar-refractivity contribution is 5.93. The van der Waals surface area contributed by atoms with Crippen LogP contribution in [0, 0.1) is 0 Å². The van der Waals surface area contributed by atoms with Gasteiger partial charge in [0, 0.05) is 18.9 Å². The Balaban J connectivity index is 2.16. The molecule has 0 aliphatic carbocycles. The van der Waals surface area contributed by atoms with E-state index in [0.717, 1.165) is 19.5 Å². The van der Waals surface area contributed by atoms with E-state index in [1.54, 1.807) is 18.5 Å². The molecule has 0 aliphatic rings. The standard InChI is InChI=1S/C10H17N3O/c1-13(2)7-3-5-12-10(14)9-4-6-11-8-9/h4,6,8,11H,3,5,7H2,1-2H3,(H,12,14). The van der Waals surface area contributed by atoms with Gasteiger partial charge >= 0.3 is 0 Å². The number of carbonyl (C=O) groups excluding carboxylic acids is 1. The zero-order valence-corrected chi connectivity index (χ0v) is 8.71. The van der Waals surface area contributed by atoms with Crippen molar-refractivity contribution in [2.75, 3.05) is 27.2 Å². The fourth-order valence-electron chi connectivity index (χ4n) is 1.16. The number of hydrogen-bond donors (Lipinski definition) is 2. The summed E-state index contributed by atoms with van der Waals surface area (Å²) in [6, 6.07) is 1.77. The molecule has 0 fully saturated rings. The minimum atomic E-state index is -0.00925. The number of H-pyrrole nitrogens is 1. The third-order valence-electron chi connectivity index (χ3n) is 1.93. The second-order valence-corrected chi connectivity index (χ2v) is 3.51. The van der Waals surface area contributed by atoms with Gasteiger partial charge in [0.15, 0.2) is 0 Å². The molecule has 4 nitrogen and oxygen atoms in total. The lowest BCUT2D eigenvalue weighted by atomic mass is 10.3. The summed E-state index contributed by atoms with van der Waals surface area (Å²) in [7, 11) is 4.04. The van der Waals surface area contributed by atoms with Crippen molar-refractivity contribution in [1.82, 2.24) is 15.2 Å².